The summed E-state index contributed by atoms with van der Waals surface area (Å²) in [5.41, 5.74) is 1.16. The van der Waals surface area contributed by atoms with Gasteiger partial charge >= 0.3 is 5.97 Å². The Hall–Kier alpha value is -1.51. The highest BCUT2D eigenvalue weighted by Crippen LogP contribution is 2.25. The van der Waals surface area contributed by atoms with E-state index in [1.807, 2.05) is 24.3 Å². The molecule has 0 bridgehead atoms. The zero-order valence-electron chi connectivity index (χ0n) is 9.89. The summed E-state index contributed by atoms with van der Waals surface area (Å²) in [4.78, 5) is 10.4. The van der Waals surface area contributed by atoms with Crippen molar-refractivity contribution in [3.05, 3.63) is 29.8 Å². The van der Waals surface area contributed by atoms with Crippen LogP contribution in [0.1, 0.15) is 37.7 Å². The van der Waals surface area contributed by atoms with Gasteiger partial charge in [-0.1, -0.05) is 12.1 Å². The molecule has 3 nitrogen and oxygen atoms in total. The Morgan fingerprint density at radius 2 is 2.24 bits per heavy atom. The highest BCUT2D eigenvalue weighted by molar-refractivity contribution is 5.66. The Balaban J connectivity index is 1.84. The predicted octanol–water partition coefficient (Wildman–Crippen LogP) is 3.03. The second kappa shape index (κ2) is 5.71. The molecule has 1 aliphatic rings. The first-order valence-corrected chi connectivity index (χ1v) is 6.21. The minimum Gasteiger partial charge on any atom is -0.490 e. The van der Waals surface area contributed by atoms with E-state index in [0.717, 1.165) is 30.6 Å². The highest BCUT2D eigenvalue weighted by Gasteiger charge is 2.18. The molecule has 0 unspecified atom stereocenters. The molecule has 1 aliphatic carbocycles. The van der Waals surface area contributed by atoms with Gasteiger partial charge in [0.15, 0.2) is 0 Å². The van der Waals surface area contributed by atoms with Crippen molar-refractivity contribution in [3.8, 4) is 5.75 Å². The molecule has 0 amide bonds. The zero-order chi connectivity index (χ0) is 12.1. The normalized spacial score (nSPS) is 15.3. The molecule has 0 radical (unpaired) electrons. The van der Waals surface area contributed by atoms with Crippen LogP contribution in [0.4, 0.5) is 0 Å². The van der Waals surface area contributed by atoms with Crippen LogP contribution in [0.25, 0.3) is 0 Å². The first-order valence-electron chi connectivity index (χ1n) is 6.21. The summed E-state index contributed by atoms with van der Waals surface area (Å²) in [6.07, 6.45) is 5.68. The van der Waals surface area contributed by atoms with E-state index in [2.05, 4.69) is 0 Å². The van der Waals surface area contributed by atoms with Crippen molar-refractivity contribution in [2.45, 2.75) is 44.6 Å². The third-order valence-corrected chi connectivity index (χ3v) is 3.11. The molecule has 0 heterocycles. The Morgan fingerprint density at radius 3 is 2.88 bits per heavy atom. The van der Waals surface area contributed by atoms with E-state index >= 15 is 0 Å². The lowest BCUT2D eigenvalue weighted by Gasteiger charge is -2.26. The fourth-order valence-corrected chi connectivity index (χ4v) is 1.90. The standard InChI is InChI=1S/C14H18O3/c15-14(16)9-2-5-11-4-1-8-13(10-11)17-12-6-3-7-12/h1,4,8,10,12H,2-3,5-7,9H2,(H,15,16). The molecule has 1 saturated carbocycles. The Bertz CT molecular complexity index is 383. The van der Waals surface area contributed by atoms with Crippen LogP contribution in [0.3, 0.4) is 0 Å². The maximum atomic E-state index is 10.4. The zero-order valence-corrected chi connectivity index (χ0v) is 9.89. The van der Waals surface area contributed by atoms with Gasteiger partial charge in [-0.25, -0.2) is 0 Å². The molecule has 1 N–H and O–H groups in total. The molecular weight excluding hydrogens is 216 g/mol. The summed E-state index contributed by atoms with van der Waals surface area (Å²) < 4.78 is 5.80. The third-order valence-electron chi connectivity index (χ3n) is 3.11. The second-order valence-electron chi connectivity index (χ2n) is 4.57. The van der Waals surface area contributed by atoms with Gasteiger partial charge in [-0.3, -0.25) is 4.79 Å². The first kappa shape index (κ1) is 12.0. The number of ether oxygens (including phenoxy) is 1. The van der Waals surface area contributed by atoms with Gasteiger partial charge in [0.1, 0.15) is 5.75 Å². The predicted molar refractivity (Wildman–Crippen MR) is 65.3 cm³/mol. The smallest absolute Gasteiger partial charge is 0.303 e. The summed E-state index contributed by atoms with van der Waals surface area (Å²) in [5.74, 6) is 0.189. The highest BCUT2D eigenvalue weighted by atomic mass is 16.5. The van der Waals surface area contributed by atoms with Crippen molar-refractivity contribution in [1.82, 2.24) is 0 Å². The molecule has 0 spiro atoms. The number of carbonyl (C=O) groups is 1. The van der Waals surface area contributed by atoms with E-state index in [9.17, 15) is 4.79 Å². The van der Waals surface area contributed by atoms with Crippen LogP contribution in [0.15, 0.2) is 24.3 Å². The van der Waals surface area contributed by atoms with Crippen molar-refractivity contribution in [1.29, 1.82) is 0 Å². The maximum absolute atomic E-state index is 10.4. The Labute approximate surface area is 101 Å². The van der Waals surface area contributed by atoms with Crippen LogP contribution < -0.4 is 4.74 Å². The number of rotatable bonds is 6. The van der Waals surface area contributed by atoms with Crippen LogP contribution in [-0.2, 0) is 11.2 Å². The van der Waals surface area contributed by atoms with Crippen LogP contribution in [0.2, 0.25) is 0 Å². The SMILES string of the molecule is O=C(O)CCCc1cccc(OC2CCC2)c1. The minimum absolute atomic E-state index is 0.230. The van der Waals surface area contributed by atoms with Gasteiger partial charge in [-0.05, 0) is 49.8 Å². The molecule has 0 aliphatic heterocycles. The van der Waals surface area contributed by atoms with Gasteiger partial charge in [0.25, 0.3) is 0 Å². The van der Waals surface area contributed by atoms with Crippen LogP contribution >= 0.6 is 0 Å². The molecular formula is C14H18O3. The largest absolute Gasteiger partial charge is 0.490 e. The molecule has 0 atom stereocenters. The maximum Gasteiger partial charge on any atom is 0.303 e. The van der Waals surface area contributed by atoms with Crippen LogP contribution in [0, 0.1) is 0 Å². The minimum atomic E-state index is -0.730. The number of aryl methyl sites for hydroxylation is 1. The van der Waals surface area contributed by atoms with Gasteiger partial charge in [0.05, 0.1) is 6.10 Å². The van der Waals surface area contributed by atoms with Crippen molar-refractivity contribution < 1.29 is 14.6 Å². The summed E-state index contributed by atoms with van der Waals surface area (Å²) >= 11 is 0. The first-order chi connectivity index (χ1) is 8.24. The lowest BCUT2D eigenvalue weighted by atomic mass is 9.96. The molecule has 1 aromatic rings. The Morgan fingerprint density at radius 1 is 1.41 bits per heavy atom. The third kappa shape index (κ3) is 3.77. The lowest BCUT2D eigenvalue weighted by molar-refractivity contribution is -0.137. The topological polar surface area (TPSA) is 46.5 Å². The van der Waals surface area contributed by atoms with Crippen molar-refractivity contribution in [2.24, 2.45) is 0 Å². The molecule has 2 rings (SSSR count). The molecule has 92 valence electrons. The Kier molecular flexibility index (Phi) is 4.02. The molecule has 0 saturated heterocycles. The summed E-state index contributed by atoms with van der Waals surface area (Å²) in [5, 5.41) is 8.58. The van der Waals surface area contributed by atoms with Gasteiger partial charge in [-0.15, -0.1) is 0 Å². The van der Waals surface area contributed by atoms with E-state index in [-0.39, 0.29) is 6.42 Å². The molecule has 3 heteroatoms. The fraction of sp³-hybridized carbons (Fsp3) is 0.500. The average molecular weight is 234 g/mol. The van der Waals surface area contributed by atoms with Gasteiger partial charge in [-0.2, -0.15) is 0 Å². The fourth-order valence-electron chi connectivity index (χ4n) is 1.90. The van der Waals surface area contributed by atoms with E-state index in [4.69, 9.17) is 9.84 Å². The number of carboxylic acids is 1. The molecule has 1 fully saturated rings. The summed E-state index contributed by atoms with van der Waals surface area (Å²) in [6, 6.07) is 8.00. The number of benzene rings is 1. The van der Waals surface area contributed by atoms with Gasteiger partial charge in [0.2, 0.25) is 0 Å². The quantitative estimate of drug-likeness (QED) is 0.823. The molecule has 1 aromatic carbocycles. The van der Waals surface area contributed by atoms with E-state index < -0.39 is 5.97 Å². The second-order valence-corrected chi connectivity index (χ2v) is 4.57. The van der Waals surface area contributed by atoms with Crippen molar-refractivity contribution in [2.75, 3.05) is 0 Å². The van der Waals surface area contributed by atoms with E-state index in [0.29, 0.717) is 12.5 Å². The summed E-state index contributed by atoms with van der Waals surface area (Å²) in [6.45, 7) is 0. The number of hydrogen-bond acceptors (Lipinski definition) is 2. The van der Waals surface area contributed by atoms with Crippen LogP contribution in [-0.4, -0.2) is 17.2 Å². The lowest BCUT2D eigenvalue weighted by Crippen LogP contribution is -2.24. The average Bonchev–Trinajstić information content (AvgIpc) is 2.24. The number of aliphatic carboxylic acids is 1. The molecule has 17 heavy (non-hydrogen) atoms. The van der Waals surface area contributed by atoms with Crippen LogP contribution in [0.5, 0.6) is 5.75 Å². The number of hydrogen-bond donors (Lipinski definition) is 1. The van der Waals surface area contributed by atoms with E-state index in [1.165, 1.54) is 6.42 Å². The van der Waals surface area contributed by atoms with Crippen molar-refractivity contribution >= 4 is 5.97 Å². The van der Waals surface area contributed by atoms with Gasteiger partial charge in [0, 0.05) is 6.42 Å². The number of carboxylic acid groups (broad SMARTS) is 1. The van der Waals surface area contributed by atoms with Gasteiger partial charge < -0.3 is 9.84 Å². The summed E-state index contributed by atoms with van der Waals surface area (Å²) in [7, 11) is 0. The molecule has 0 aromatic heterocycles. The van der Waals surface area contributed by atoms with Crippen molar-refractivity contribution in [3.63, 3.8) is 0 Å². The van der Waals surface area contributed by atoms with E-state index in [1.54, 1.807) is 0 Å². The monoisotopic (exact) mass is 234 g/mol.